The van der Waals surface area contributed by atoms with Crippen LogP contribution in [0.25, 0.3) is 0 Å². The van der Waals surface area contributed by atoms with Crippen LogP contribution in [-0.2, 0) is 11.8 Å². The van der Waals surface area contributed by atoms with E-state index in [0.717, 1.165) is 13.0 Å². The van der Waals surface area contributed by atoms with Gasteiger partial charge in [-0.1, -0.05) is 6.42 Å². The maximum Gasteiger partial charge on any atom is 0.354 e. The van der Waals surface area contributed by atoms with Crippen LogP contribution in [0.4, 0.5) is 0 Å². The van der Waals surface area contributed by atoms with Crippen molar-refractivity contribution in [1.29, 1.82) is 0 Å². The van der Waals surface area contributed by atoms with E-state index in [1.165, 1.54) is 18.5 Å². The molecule has 1 N–H and O–H groups in total. The van der Waals surface area contributed by atoms with E-state index >= 15 is 0 Å². The molecule has 1 aliphatic rings. The zero-order chi connectivity index (χ0) is 12.3. The lowest BCUT2D eigenvalue weighted by molar-refractivity contribution is 0.0514. The molecular weight excluding hydrogens is 216 g/mol. The average Bonchev–Trinajstić information content (AvgIpc) is 2.72. The summed E-state index contributed by atoms with van der Waals surface area (Å²) in [5.74, 6) is -0.239. The maximum absolute atomic E-state index is 11.7. The topological polar surface area (TPSA) is 43.3 Å². The molecule has 1 saturated heterocycles. The monoisotopic (exact) mass is 236 g/mol. The number of piperidine rings is 1. The van der Waals surface area contributed by atoms with Crippen LogP contribution in [0.5, 0.6) is 0 Å². The highest BCUT2D eigenvalue weighted by Crippen LogP contribution is 2.24. The summed E-state index contributed by atoms with van der Waals surface area (Å²) in [6.45, 7) is 3.30. The molecule has 1 aromatic heterocycles. The van der Waals surface area contributed by atoms with Gasteiger partial charge in [-0.15, -0.1) is 0 Å². The highest BCUT2D eigenvalue weighted by Gasteiger charge is 2.20. The van der Waals surface area contributed by atoms with Gasteiger partial charge in [0.25, 0.3) is 0 Å². The molecule has 1 unspecified atom stereocenters. The van der Waals surface area contributed by atoms with Gasteiger partial charge in [0.15, 0.2) is 0 Å². The first kappa shape index (κ1) is 12.2. The highest BCUT2D eigenvalue weighted by molar-refractivity contribution is 5.87. The molecule has 2 heterocycles. The normalized spacial score (nSPS) is 20.2. The molecule has 4 heteroatoms. The minimum atomic E-state index is -0.239. The van der Waals surface area contributed by atoms with Crippen molar-refractivity contribution >= 4 is 5.97 Å². The van der Waals surface area contributed by atoms with Crippen LogP contribution in [0.2, 0.25) is 0 Å². The Morgan fingerprint density at radius 3 is 3.00 bits per heavy atom. The van der Waals surface area contributed by atoms with Crippen LogP contribution in [0.1, 0.15) is 48.4 Å². The predicted molar refractivity (Wildman–Crippen MR) is 66.0 cm³/mol. The smallest absolute Gasteiger partial charge is 0.354 e. The molecule has 0 saturated carbocycles. The van der Waals surface area contributed by atoms with E-state index in [0.29, 0.717) is 18.3 Å². The number of aromatic nitrogens is 1. The number of esters is 1. The number of carbonyl (C=O) groups is 1. The van der Waals surface area contributed by atoms with Crippen molar-refractivity contribution in [1.82, 2.24) is 9.88 Å². The Bertz CT molecular complexity index is 392. The summed E-state index contributed by atoms with van der Waals surface area (Å²) >= 11 is 0. The highest BCUT2D eigenvalue weighted by atomic mass is 16.5. The number of carbonyl (C=O) groups excluding carboxylic acids is 1. The van der Waals surface area contributed by atoms with Gasteiger partial charge in [-0.2, -0.15) is 0 Å². The first-order valence-corrected chi connectivity index (χ1v) is 6.30. The Balaban J connectivity index is 2.16. The van der Waals surface area contributed by atoms with E-state index < -0.39 is 0 Å². The molecule has 0 aromatic carbocycles. The standard InChI is InChI=1S/C13H20N2O2/c1-3-17-13(16)12-8-7-11(15(12)2)10-6-4-5-9-14-10/h7-8,10,14H,3-6,9H2,1-2H3. The molecule has 4 nitrogen and oxygen atoms in total. The fraction of sp³-hybridized carbons (Fsp3) is 0.615. The maximum atomic E-state index is 11.7. The molecule has 1 aromatic rings. The summed E-state index contributed by atoms with van der Waals surface area (Å²) in [4.78, 5) is 11.7. The third kappa shape index (κ3) is 2.52. The van der Waals surface area contributed by atoms with Crippen LogP contribution in [0.15, 0.2) is 12.1 Å². The average molecular weight is 236 g/mol. The molecule has 0 radical (unpaired) electrons. The number of rotatable bonds is 3. The van der Waals surface area contributed by atoms with Gasteiger partial charge in [0.1, 0.15) is 5.69 Å². The molecule has 1 aliphatic heterocycles. The third-order valence-corrected chi connectivity index (χ3v) is 3.31. The van der Waals surface area contributed by atoms with E-state index in [-0.39, 0.29) is 5.97 Å². The van der Waals surface area contributed by atoms with Gasteiger partial charge in [-0.05, 0) is 38.4 Å². The van der Waals surface area contributed by atoms with Gasteiger partial charge in [-0.25, -0.2) is 4.79 Å². The second-order valence-electron chi connectivity index (χ2n) is 4.43. The van der Waals surface area contributed by atoms with E-state index in [1.807, 2.05) is 30.7 Å². The lowest BCUT2D eigenvalue weighted by Crippen LogP contribution is -2.28. The fourth-order valence-electron chi connectivity index (χ4n) is 2.39. The number of nitrogens with one attached hydrogen (secondary N) is 1. The van der Waals surface area contributed by atoms with Gasteiger partial charge in [0, 0.05) is 18.8 Å². The minimum Gasteiger partial charge on any atom is -0.461 e. The Morgan fingerprint density at radius 2 is 2.35 bits per heavy atom. The van der Waals surface area contributed by atoms with E-state index in [4.69, 9.17) is 4.74 Å². The third-order valence-electron chi connectivity index (χ3n) is 3.31. The second kappa shape index (κ2) is 5.36. The lowest BCUT2D eigenvalue weighted by atomic mass is 10.0. The largest absolute Gasteiger partial charge is 0.461 e. The van der Waals surface area contributed by atoms with Gasteiger partial charge in [0.05, 0.1) is 6.61 Å². The summed E-state index contributed by atoms with van der Waals surface area (Å²) < 4.78 is 6.97. The van der Waals surface area contributed by atoms with Crippen molar-refractivity contribution in [3.63, 3.8) is 0 Å². The first-order chi connectivity index (χ1) is 8.24. The molecule has 0 bridgehead atoms. The van der Waals surface area contributed by atoms with Crippen LogP contribution in [-0.4, -0.2) is 23.7 Å². The lowest BCUT2D eigenvalue weighted by Gasteiger charge is -2.24. The Labute approximate surface area is 102 Å². The van der Waals surface area contributed by atoms with E-state index in [1.54, 1.807) is 0 Å². The number of hydrogen-bond donors (Lipinski definition) is 1. The first-order valence-electron chi connectivity index (χ1n) is 6.30. The van der Waals surface area contributed by atoms with Crippen LogP contribution in [0.3, 0.4) is 0 Å². The van der Waals surface area contributed by atoms with Crippen molar-refractivity contribution < 1.29 is 9.53 Å². The van der Waals surface area contributed by atoms with Gasteiger partial charge >= 0.3 is 5.97 Å². The second-order valence-corrected chi connectivity index (χ2v) is 4.43. The molecule has 94 valence electrons. The summed E-state index contributed by atoms with van der Waals surface area (Å²) in [6.07, 6.45) is 3.63. The van der Waals surface area contributed by atoms with Crippen molar-refractivity contribution in [3.05, 3.63) is 23.5 Å². The van der Waals surface area contributed by atoms with Gasteiger partial charge in [-0.3, -0.25) is 0 Å². The predicted octanol–water partition coefficient (Wildman–Crippen LogP) is 2.02. The Hall–Kier alpha value is -1.29. The summed E-state index contributed by atoms with van der Waals surface area (Å²) in [7, 11) is 1.93. The zero-order valence-electron chi connectivity index (χ0n) is 10.5. The Kier molecular flexibility index (Phi) is 3.84. The van der Waals surface area contributed by atoms with Gasteiger partial charge < -0.3 is 14.6 Å². The minimum absolute atomic E-state index is 0.239. The molecule has 17 heavy (non-hydrogen) atoms. The molecule has 0 spiro atoms. The molecule has 1 atom stereocenters. The zero-order valence-corrected chi connectivity index (χ0v) is 10.5. The molecule has 0 amide bonds. The number of hydrogen-bond acceptors (Lipinski definition) is 3. The molecule has 0 aliphatic carbocycles. The molecule has 1 fully saturated rings. The van der Waals surface area contributed by atoms with E-state index in [2.05, 4.69) is 5.32 Å². The van der Waals surface area contributed by atoms with Gasteiger partial charge in [0.2, 0.25) is 0 Å². The quantitative estimate of drug-likeness (QED) is 0.816. The summed E-state index contributed by atoms with van der Waals surface area (Å²) in [5, 5.41) is 3.49. The summed E-state index contributed by atoms with van der Waals surface area (Å²) in [6, 6.07) is 4.25. The number of nitrogens with zero attached hydrogens (tertiary/aromatic N) is 1. The van der Waals surface area contributed by atoms with Crippen molar-refractivity contribution in [3.8, 4) is 0 Å². The fourth-order valence-corrected chi connectivity index (χ4v) is 2.39. The van der Waals surface area contributed by atoms with Crippen molar-refractivity contribution in [2.24, 2.45) is 7.05 Å². The van der Waals surface area contributed by atoms with Crippen LogP contribution >= 0.6 is 0 Å². The SMILES string of the molecule is CCOC(=O)c1ccc(C2CCCCN2)n1C. The van der Waals surface area contributed by atoms with Crippen LogP contribution < -0.4 is 5.32 Å². The number of ether oxygens (including phenoxy) is 1. The summed E-state index contributed by atoms with van der Waals surface area (Å²) in [5.41, 5.74) is 1.81. The Morgan fingerprint density at radius 1 is 1.53 bits per heavy atom. The molecule has 2 rings (SSSR count). The van der Waals surface area contributed by atoms with Crippen molar-refractivity contribution in [2.45, 2.75) is 32.2 Å². The van der Waals surface area contributed by atoms with E-state index in [9.17, 15) is 4.79 Å². The van der Waals surface area contributed by atoms with Crippen LogP contribution in [0, 0.1) is 0 Å². The molecular formula is C13H20N2O2. The van der Waals surface area contributed by atoms with Crippen molar-refractivity contribution in [2.75, 3.05) is 13.2 Å².